The van der Waals surface area contributed by atoms with Gasteiger partial charge in [0.2, 0.25) is 0 Å². The maximum absolute atomic E-state index is 12.1. The van der Waals surface area contributed by atoms with Crippen molar-refractivity contribution in [2.45, 2.75) is 13.3 Å². The summed E-state index contributed by atoms with van der Waals surface area (Å²) in [5.41, 5.74) is 3.03. The van der Waals surface area contributed by atoms with Crippen molar-refractivity contribution in [3.8, 4) is 0 Å². The first kappa shape index (κ1) is 14.6. The first-order valence-corrected chi connectivity index (χ1v) is 7.00. The Balaban J connectivity index is 1.94. The van der Waals surface area contributed by atoms with Crippen molar-refractivity contribution in [1.82, 2.24) is 0 Å². The molecule has 0 aliphatic carbocycles. The minimum absolute atomic E-state index is 0.117. The molecule has 0 N–H and O–H groups in total. The molecule has 0 fully saturated rings. The highest BCUT2D eigenvalue weighted by Crippen LogP contribution is 2.15. The second-order valence-electron chi connectivity index (χ2n) is 4.94. The highest BCUT2D eigenvalue weighted by molar-refractivity contribution is 6.31. The van der Waals surface area contributed by atoms with Crippen molar-refractivity contribution in [2.75, 3.05) is 18.5 Å². The van der Waals surface area contributed by atoms with Gasteiger partial charge in [-0.05, 0) is 31.2 Å². The maximum Gasteiger partial charge on any atom is 0.164 e. The number of carbonyl (C=O) groups excluding carboxylic acids is 1. The van der Waals surface area contributed by atoms with Crippen LogP contribution < -0.4 is 4.90 Å². The number of hydrogen-bond acceptors (Lipinski definition) is 2. The fourth-order valence-corrected chi connectivity index (χ4v) is 2.19. The van der Waals surface area contributed by atoms with Crippen LogP contribution in [0.5, 0.6) is 0 Å². The van der Waals surface area contributed by atoms with Gasteiger partial charge in [-0.15, -0.1) is 0 Å². The largest absolute Gasteiger partial charge is 0.374 e. The predicted molar refractivity (Wildman–Crippen MR) is 84.8 cm³/mol. The second-order valence-corrected chi connectivity index (χ2v) is 5.38. The Morgan fingerprint density at radius 3 is 2.50 bits per heavy atom. The van der Waals surface area contributed by atoms with Crippen molar-refractivity contribution < 1.29 is 4.79 Å². The molecule has 2 aromatic rings. The molecule has 2 nitrogen and oxygen atoms in total. The van der Waals surface area contributed by atoms with Crippen LogP contribution in [-0.2, 0) is 0 Å². The van der Waals surface area contributed by atoms with Gasteiger partial charge in [0.05, 0.1) is 0 Å². The van der Waals surface area contributed by atoms with Crippen LogP contribution in [0.3, 0.4) is 0 Å². The van der Waals surface area contributed by atoms with Crippen LogP contribution in [0.15, 0.2) is 48.5 Å². The first-order valence-electron chi connectivity index (χ1n) is 6.63. The lowest BCUT2D eigenvalue weighted by Crippen LogP contribution is -2.21. The lowest BCUT2D eigenvalue weighted by molar-refractivity contribution is 0.0985. The third kappa shape index (κ3) is 3.84. The van der Waals surface area contributed by atoms with Crippen molar-refractivity contribution in [3.05, 3.63) is 64.7 Å². The molecule has 0 atom stereocenters. The quantitative estimate of drug-likeness (QED) is 0.762. The van der Waals surface area contributed by atoms with Crippen LogP contribution in [0.25, 0.3) is 0 Å². The van der Waals surface area contributed by atoms with Gasteiger partial charge in [0.25, 0.3) is 0 Å². The van der Waals surface area contributed by atoms with Gasteiger partial charge in [-0.3, -0.25) is 4.79 Å². The number of ketones is 1. The average molecular weight is 288 g/mol. The van der Waals surface area contributed by atoms with Crippen LogP contribution in [0, 0.1) is 6.92 Å². The first-order chi connectivity index (χ1) is 9.56. The normalized spacial score (nSPS) is 10.3. The molecule has 2 rings (SSSR count). The molecule has 0 heterocycles. The van der Waals surface area contributed by atoms with Crippen LogP contribution in [-0.4, -0.2) is 19.4 Å². The van der Waals surface area contributed by atoms with Crippen LogP contribution in [0.2, 0.25) is 5.02 Å². The molecule has 0 unspecified atom stereocenters. The molecule has 0 amide bonds. The summed E-state index contributed by atoms with van der Waals surface area (Å²) in [5, 5.41) is 0.600. The predicted octanol–water partition coefficient (Wildman–Crippen LogP) is 4.36. The Bertz CT molecular complexity index is 592. The molecule has 0 aliphatic rings. The minimum Gasteiger partial charge on any atom is -0.374 e. The number of benzene rings is 2. The number of rotatable bonds is 5. The van der Waals surface area contributed by atoms with E-state index in [0.29, 0.717) is 23.6 Å². The second kappa shape index (κ2) is 6.58. The number of anilines is 1. The zero-order valence-corrected chi connectivity index (χ0v) is 12.5. The van der Waals surface area contributed by atoms with E-state index < -0.39 is 0 Å². The lowest BCUT2D eigenvalue weighted by atomic mass is 10.1. The molecule has 3 heteroatoms. The zero-order valence-electron chi connectivity index (χ0n) is 11.8. The molecular weight excluding hydrogens is 270 g/mol. The Morgan fingerprint density at radius 2 is 1.85 bits per heavy atom. The van der Waals surface area contributed by atoms with Gasteiger partial charge in [-0.1, -0.05) is 41.4 Å². The van der Waals surface area contributed by atoms with Gasteiger partial charge in [0.15, 0.2) is 5.78 Å². The van der Waals surface area contributed by atoms with Crippen LogP contribution >= 0.6 is 11.6 Å². The van der Waals surface area contributed by atoms with E-state index in [1.807, 2.05) is 7.05 Å². The van der Waals surface area contributed by atoms with Crippen LogP contribution in [0.1, 0.15) is 22.3 Å². The number of Topliss-reactive ketones (excluding diaryl/α,β-unsaturated/α-hetero) is 1. The van der Waals surface area contributed by atoms with Gasteiger partial charge < -0.3 is 4.90 Å². The summed E-state index contributed by atoms with van der Waals surface area (Å²) >= 11 is 5.90. The fraction of sp³-hybridized carbons (Fsp3) is 0.235. The van der Waals surface area contributed by atoms with Crippen molar-refractivity contribution in [2.24, 2.45) is 0 Å². The standard InChI is InChI=1S/C17H18ClNO/c1-13-6-8-16(9-7-13)19(2)11-10-17(20)14-4-3-5-15(18)12-14/h3-9,12H,10-11H2,1-2H3. The smallest absolute Gasteiger partial charge is 0.164 e. The summed E-state index contributed by atoms with van der Waals surface area (Å²) in [7, 11) is 2.00. The minimum atomic E-state index is 0.117. The summed E-state index contributed by atoms with van der Waals surface area (Å²) in [6.45, 7) is 2.75. The van der Waals surface area contributed by atoms with Gasteiger partial charge >= 0.3 is 0 Å². The molecule has 0 aromatic heterocycles. The maximum atomic E-state index is 12.1. The number of halogens is 1. The van der Waals surface area contributed by atoms with Crippen molar-refractivity contribution in [3.63, 3.8) is 0 Å². The van der Waals surface area contributed by atoms with Crippen molar-refractivity contribution in [1.29, 1.82) is 0 Å². The highest BCUT2D eigenvalue weighted by atomic mass is 35.5. The van der Waals surface area contributed by atoms with E-state index in [0.717, 1.165) is 5.69 Å². The monoisotopic (exact) mass is 287 g/mol. The topological polar surface area (TPSA) is 20.3 Å². The summed E-state index contributed by atoms with van der Waals surface area (Å²) in [6, 6.07) is 15.4. The Labute approximate surface area is 125 Å². The molecule has 2 aromatic carbocycles. The molecular formula is C17H18ClNO. The van der Waals surface area contributed by atoms with E-state index in [1.54, 1.807) is 24.3 Å². The highest BCUT2D eigenvalue weighted by Gasteiger charge is 2.08. The summed E-state index contributed by atoms with van der Waals surface area (Å²) in [4.78, 5) is 14.2. The summed E-state index contributed by atoms with van der Waals surface area (Å²) in [5.74, 6) is 0.117. The van der Waals surface area contributed by atoms with Gasteiger partial charge in [-0.25, -0.2) is 0 Å². The molecule has 104 valence electrons. The van der Waals surface area contributed by atoms with E-state index in [4.69, 9.17) is 11.6 Å². The Hall–Kier alpha value is -1.80. The lowest BCUT2D eigenvalue weighted by Gasteiger charge is -2.19. The number of aryl methyl sites for hydroxylation is 1. The average Bonchev–Trinajstić information content (AvgIpc) is 2.45. The third-order valence-corrected chi connectivity index (χ3v) is 3.53. The Morgan fingerprint density at radius 1 is 1.15 bits per heavy atom. The van der Waals surface area contributed by atoms with Gasteiger partial charge in [0, 0.05) is 36.3 Å². The molecule has 0 aliphatic heterocycles. The SMILES string of the molecule is Cc1ccc(N(C)CCC(=O)c2cccc(Cl)c2)cc1. The fourth-order valence-electron chi connectivity index (χ4n) is 2.00. The van der Waals surface area contributed by atoms with Gasteiger partial charge in [0.1, 0.15) is 0 Å². The number of carbonyl (C=O) groups is 1. The van der Waals surface area contributed by atoms with Gasteiger partial charge in [-0.2, -0.15) is 0 Å². The number of nitrogens with zero attached hydrogens (tertiary/aromatic N) is 1. The zero-order chi connectivity index (χ0) is 14.5. The summed E-state index contributed by atoms with van der Waals surface area (Å²) < 4.78 is 0. The summed E-state index contributed by atoms with van der Waals surface area (Å²) in [6.07, 6.45) is 0.477. The van der Waals surface area contributed by atoms with E-state index in [-0.39, 0.29) is 5.78 Å². The van der Waals surface area contributed by atoms with E-state index >= 15 is 0 Å². The molecule has 0 bridgehead atoms. The molecule has 0 saturated heterocycles. The third-order valence-electron chi connectivity index (χ3n) is 3.30. The molecule has 0 radical (unpaired) electrons. The van der Waals surface area contributed by atoms with Crippen molar-refractivity contribution >= 4 is 23.1 Å². The molecule has 0 spiro atoms. The Kier molecular flexibility index (Phi) is 4.80. The molecule has 20 heavy (non-hydrogen) atoms. The molecule has 0 saturated carbocycles. The van der Waals surface area contributed by atoms with E-state index in [1.165, 1.54) is 5.56 Å². The van der Waals surface area contributed by atoms with E-state index in [9.17, 15) is 4.79 Å². The number of hydrogen-bond donors (Lipinski definition) is 0. The van der Waals surface area contributed by atoms with Crippen LogP contribution in [0.4, 0.5) is 5.69 Å². The van der Waals surface area contributed by atoms with E-state index in [2.05, 4.69) is 36.1 Å².